The van der Waals surface area contributed by atoms with E-state index in [-0.39, 0.29) is 15.6 Å². The van der Waals surface area contributed by atoms with E-state index in [9.17, 15) is 10.1 Å². The minimum atomic E-state index is -0.364. The lowest BCUT2D eigenvalue weighted by molar-refractivity contribution is -0.383. The van der Waals surface area contributed by atoms with Crippen LogP contribution in [0.4, 0.5) is 11.4 Å². The Labute approximate surface area is 83.2 Å². The van der Waals surface area contributed by atoms with E-state index in [1.165, 1.54) is 6.07 Å². The molecule has 0 saturated heterocycles. The van der Waals surface area contributed by atoms with Gasteiger partial charge in [-0.25, -0.2) is 0 Å². The first-order valence-corrected chi connectivity index (χ1v) is 4.77. The minimum Gasteiger partial charge on any atom is -0.367 e. The Bertz CT molecular complexity index is 367. The molecule has 13 heavy (non-hydrogen) atoms. The minimum absolute atomic E-state index is 0.114. The molecule has 1 N–H and O–H groups in total. The maximum Gasteiger partial charge on any atom is 0.292 e. The van der Waals surface area contributed by atoms with Gasteiger partial charge in [0.15, 0.2) is 0 Å². The highest BCUT2D eigenvalue weighted by Gasteiger charge is 2.25. The second-order valence-electron chi connectivity index (χ2n) is 2.88. The quantitative estimate of drug-likeness (QED) is 0.356. The van der Waals surface area contributed by atoms with Gasteiger partial charge in [-0.05, 0) is 5.56 Å². The van der Waals surface area contributed by atoms with Crippen LogP contribution < -0.4 is 5.32 Å². The third kappa shape index (κ3) is 1.39. The van der Waals surface area contributed by atoms with Gasteiger partial charge in [0.1, 0.15) is 5.69 Å². The van der Waals surface area contributed by atoms with Gasteiger partial charge in [-0.1, -0.05) is 28.1 Å². The van der Waals surface area contributed by atoms with Crippen LogP contribution in [0.15, 0.2) is 18.2 Å². The zero-order valence-corrected chi connectivity index (χ0v) is 8.24. The Morgan fingerprint density at radius 3 is 3.08 bits per heavy atom. The molecule has 1 heterocycles. The van der Waals surface area contributed by atoms with Crippen LogP contribution in [0.5, 0.6) is 0 Å². The Kier molecular flexibility index (Phi) is 1.95. The van der Waals surface area contributed by atoms with Crippen LogP contribution in [-0.4, -0.2) is 9.87 Å². The summed E-state index contributed by atoms with van der Waals surface area (Å²) in [6, 6.07) is 5.12. The van der Waals surface area contributed by atoms with Crippen molar-refractivity contribution in [2.45, 2.75) is 11.4 Å². The van der Waals surface area contributed by atoms with Crippen LogP contribution in [0, 0.1) is 10.1 Å². The second kappa shape index (κ2) is 2.99. The van der Waals surface area contributed by atoms with Crippen molar-refractivity contribution in [2.24, 2.45) is 0 Å². The van der Waals surface area contributed by atoms with Crippen molar-refractivity contribution in [2.75, 3.05) is 5.32 Å². The molecular formula is C8H7BrN2O2. The summed E-state index contributed by atoms with van der Waals surface area (Å²) >= 11 is 3.37. The van der Waals surface area contributed by atoms with Gasteiger partial charge in [-0.2, -0.15) is 0 Å². The maximum atomic E-state index is 10.6. The highest BCUT2D eigenvalue weighted by molar-refractivity contribution is 9.09. The molecule has 0 aromatic heterocycles. The molecule has 0 saturated carbocycles. The summed E-state index contributed by atoms with van der Waals surface area (Å²) < 4.78 is 0. The van der Waals surface area contributed by atoms with Gasteiger partial charge in [0, 0.05) is 12.5 Å². The normalized spacial score (nSPS) is 19.3. The number of rotatable bonds is 1. The molecule has 1 atom stereocenters. The van der Waals surface area contributed by atoms with E-state index < -0.39 is 0 Å². The van der Waals surface area contributed by atoms with Crippen LogP contribution in [0.3, 0.4) is 0 Å². The molecule has 0 spiro atoms. The number of hydrogen-bond acceptors (Lipinski definition) is 3. The monoisotopic (exact) mass is 242 g/mol. The highest BCUT2D eigenvalue weighted by atomic mass is 79.9. The SMILES string of the molecule is O=[N+]([O-])c1cccc2c1NC(Br)C2. The zero-order valence-electron chi connectivity index (χ0n) is 6.66. The Balaban J connectivity index is 2.51. The molecule has 1 aliphatic rings. The van der Waals surface area contributed by atoms with Crippen molar-refractivity contribution in [3.8, 4) is 0 Å². The first-order valence-electron chi connectivity index (χ1n) is 3.85. The number of anilines is 1. The lowest BCUT2D eigenvalue weighted by atomic mass is 10.1. The molecule has 4 nitrogen and oxygen atoms in total. The molecule has 0 aliphatic carbocycles. The van der Waals surface area contributed by atoms with Crippen molar-refractivity contribution in [1.29, 1.82) is 0 Å². The van der Waals surface area contributed by atoms with E-state index in [1.54, 1.807) is 6.07 Å². The number of alkyl halides is 1. The number of fused-ring (bicyclic) bond motifs is 1. The average Bonchev–Trinajstić information content (AvgIpc) is 2.43. The number of nitro benzene ring substituents is 1. The van der Waals surface area contributed by atoms with Crippen molar-refractivity contribution in [1.82, 2.24) is 0 Å². The largest absolute Gasteiger partial charge is 0.367 e. The maximum absolute atomic E-state index is 10.6. The fraction of sp³-hybridized carbons (Fsp3) is 0.250. The number of nitrogens with one attached hydrogen (secondary N) is 1. The predicted octanol–water partition coefficient (Wildman–Crippen LogP) is 2.28. The van der Waals surface area contributed by atoms with Crippen LogP contribution in [0.25, 0.3) is 0 Å². The topological polar surface area (TPSA) is 55.2 Å². The Morgan fingerprint density at radius 2 is 2.38 bits per heavy atom. The fourth-order valence-electron chi connectivity index (χ4n) is 1.48. The smallest absolute Gasteiger partial charge is 0.292 e. The highest BCUT2D eigenvalue weighted by Crippen LogP contribution is 2.35. The molecule has 5 heteroatoms. The number of nitro groups is 1. The van der Waals surface area contributed by atoms with Gasteiger partial charge in [0.2, 0.25) is 0 Å². The number of hydrogen-bond donors (Lipinski definition) is 1. The van der Waals surface area contributed by atoms with Gasteiger partial charge < -0.3 is 5.32 Å². The van der Waals surface area contributed by atoms with Crippen molar-refractivity contribution in [3.63, 3.8) is 0 Å². The summed E-state index contributed by atoms with van der Waals surface area (Å²) in [5.74, 6) is 0. The summed E-state index contributed by atoms with van der Waals surface area (Å²) in [6.45, 7) is 0. The molecule has 1 aliphatic heterocycles. The van der Waals surface area contributed by atoms with E-state index in [1.807, 2.05) is 6.07 Å². The van der Waals surface area contributed by atoms with Gasteiger partial charge in [-0.15, -0.1) is 0 Å². The van der Waals surface area contributed by atoms with Crippen LogP contribution >= 0.6 is 15.9 Å². The third-order valence-corrected chi connectivity index (χ3v) is 2.58. The molecular weight excluding hydrogens is 236 g/mol. The zero-order chi connectivity index (χ0) is 9.42. The first kappa shape index (κ1) is 8.50. The van der Waals surface area contributed by atoms with Crippen molar-refractivity contribution in [3.05, 3.63) is 33.9 Å². The van der Waals surface area contributed by atoms with Crippen LogP contribution in [0.1, 0.15) is 5.56 Å². The molecule has 1 aromatic carbocycles. The Hall–Kier alpha value is -1.10. The predicted molar refractivity (Wildman–Crippen MR) is 53.1 cm³/mol. The summed E-state index contributed by atoms with van der Waals surface area (Å²) in [6.07, 6.45) is 0.789. The third-order valence-electron chi connectivity index (χ3n) is 2.03. The Morgan fingerprint density at radius 1 is 1.62 bits per heavy atom. The van der Waals surface area contributed by atoms with Gasteiger partial charge in [-0.3, -0.25) is 10.1 Å². The number of benzene rings is 1. The van der Waals surface area contributed by atoms with Gasteiger partial charge >= 0.3 is 0 Å². The fourth-order valence-corrected chi connectivity index (χ4v) is 2.05. The first-order chi connectivity index (χ1) is 6.18. The lowest BCUT2D eigenvalue weighted by Crippen LogP contribution is -2.05. The van der Waals surface area contributed by atoms with E-state index in [2.05, 4.69) is 21.2 Å². The summed E-state index contributed by atoms with van der Waals surface area (Å²) in [5.41, 5.74) is 1.80. The molecule has 0 fully saturated rings. The molecule has 2 rings (SSSR count). The molecule has 1 unspecified atom stereocenters. The van der Waals surface area contributed by atoms with E-state index in [4.69, 9.17) is 0 Å². The van der Waals surface area contributed by atoms with E-state index >= 15 is 0 Å². The molecule has 0 radical (unpaired) electrons. The standard InChI is InChI=1S/C8H7BrN2O2/c9-7-4-5-2-1-3-6(11(12)13)8(5)10-7/h1-3,7,10H,4H2. The lowest BCUT2D eigenvalue weighted by Gasteiger charge is -2.01. The van der Waals surface area contributed by atoms with E-state index in [0.717, 1.165) is 12.0 Å². The molecule has 1 aromatic rings. The number of para-hydroxylation sites is 1. The summed E-state index contributed by atoms with van der Waals surface area (Å²) in [5, 5.41) is 13.6. The molecule has 68 valence electrons. The van der Waals surface area contributed by atoms with Crippen LogP contribution in [0.2, 0.25) is 0 Å². The van der Waals surface area contributed by atoms with Crippen LogP contribution in [-0.2, 0) is 6.42 Å². The number of halogens is 1. The summed E-state index contributed by atoms with van der Waals surface area (Å²) in [4.78, 5) is 10.4. The van der Waals surface area contributed by atoms with Gasteiger partial charge in [0.05, 0.1) is 9.87 Å². The summed E-state index contributed by atoms with van der Waals surface area (Å²) in [7, 11) is 0. The van der Waals surface area contributed by atoms with Crippen molar-refractivity contribution >= 4 is 27.3 Å². The molecule has 0 bridgehead atoms. The average molecular weight is 243 g/mol. The van der Waals surface area contributed by atoms with Gasteiger partial charge in [0.25, 0.3) is 5.69 Å². The second-order valence-corrected chi connectivity index (χ2v) is 3.99. The number of nitrogens with zero attached hydrogens (tertiary/aromatic N) is 1. The molecule has 0 amide bonds. The van der Waals surface area contributed by atoms with E-state index in [0.29, 0.717) is 5.69 Å². The van der Waals surface area contributed by atoms with Crippen molar-refractivity contribution < 1.29 is 4.92 Å².